The highest BCUT2D eigenvalue weighted by Gasteiger charge is 2.25. The largest absolute Gasteiger partial charge is 0.456 e. The smallest absolute Gasteiger partial charge is 0.138 e. The lowest BCUT2D eigenvalue weighted by atomic mass is 9.94. The van der Waals surface area contributed by atoms with Crippen molar-refractivity contribution >= 4 is 93.1 Å². The molecule has 0 unspecified atom stereocenters. The van der Waals surface area contributed by atoms with Crippen LogP contribution in [0, 0.1) is 0 Å². The van der Waals surface area contributed by atoms with E-state index >= 15 is 0 Å². The van der Waals surface area contributed by atoms with Crippen LogP contribution in [0.3, 0.4) is 0 Å². The average molecular weight is 803 g/mol. The number of hydrogen-bond donors (Lipinski definition) is 0. The molecule has 0 saturated heterocycles. The van der Waals surface area contributed by atoms with Crippen LogP contribution in [-0.4, -0.2) is 4.57 Å². The van der Waals surface area contributed by atoms with Crippen LogP contribution in [0.5, 0.6) is 0 Å². The lowest BCUT2D eigenvalue weighted by Gasteiger charge is -2.28. The summed E-state index contributed by atoms with van der Waals surface area (Å²) < 4.78 is 9.21. The first kappa shape index (κ1) is 35.4. The van der Waals surface area contributed by atoms with E-state index in [1.807, 2.05) is 0 Å². The lowest BCUT2D eigenvalue weighted by molar-refractivity contribution is 0.669. The number of fused-ring (bicyclic) bond motifs is 10. The minimum Gasteiger partial charge on any atom is -0.456 e. The van der Waals surface area contributed by atoms with E-state index in [4.69, 9.17) is 4.42 Å². The molecule has 3 heteroatoms. The Morgan fingerprint density at radius 2 is 0.952 bits per heavy atom. The molecule has 0 radical (unpaired) electrons. The minimum absolute atomic E-state index is 0.871. The van der Waals surface area contributed by atoms with Gasteiger partial charge in [-0.15, -0.1) is 0 Å². The van der Waals surface area contributed by atoms with E-state index < -0.39 is 0 Å². The Morgan fingerprint density at radius 3 is 1.75 bits per heavy atom. The van der Waals surface area contributed by atoms with Crippen LogP contribution in [0.2, 0.25) is 0 Å². The molecule has 294 valence electrons. The van der Waals surface area contributed by atoms with Crippen molar-refractivity contribution in [2.24, 2.45) is 0 Å². The van der Waals surface area contributed by atoms with Gasteiger partial charge < -0.3 is 13.9 Å². The zero-order valence-electron chi connectivity index (χ0n) is 34.2. The van der Waals surface area contributed by atoms with E-state index in [2.05, 4.69) is 240 Å². The van der Waals surface area contributed by atoms with Crippen LogP contribution >= 0.6 is 0 Å². The van der Waals surface area contributed by atoms with Crippen molar-refractivity contribution in [3.05, 3.63) is 231 Å². The Bertz CT molecular complexity index is 3900. The molecule has 0 saturated carbocycles. The number of hydrogen-bond acceptors (Lipinski definition) is 2. The van der Waals surface area contributed by atoms with Gasteiger partial charge in [-0.2, -0.15) is 0 Å². The van der Waals surface area contributed by atoms with Crippen molar-refractivity contribution in [3.8, 4) is 27.9 Å². The Morgan fingerprint density at radius 1 is 0.333 bits per heavy atom. The number of rotatable bonds is 6. The molecule has 13 aromatic rings. The van der Waals surface area contributed by atoms with Gasteiger partial charge >= 0.3 is 0 Å². The molecule has 63 heavy (non-hydrogen) atoms. The molecule has 0 N–H and O–H groups in total. The summed E-state index contributed by atoms with van der Waals surface area (Å²) in [6, 6.07) is 83.6. The van der Waals surface area contributed by atoms with Crippen molar-refractivity contribution in [3.63, 3.8) is 0 Å². The molecule has 2 aromatic heterocycles. The van der Waals surface area contributed by atoms with Crippen molar-refractivity contribution in [2.45, 2.75) is 0 Å². The monoisotopic (exact) mass is 802 g/mol. The molecule has 0 fully saturated rings. The van der Waals surface area contributed by atoms with E-state index in [9.17, 15) is 0 Å². The summed E-state index contributed by atoms with van der Waals surface area (Å²) in [6.07, 6.45) is 0. The highest BCUT2D eigenvalue weighted by Crippen LogP contribution is 2.49. The average Bonchev–Trinajstić information content (AvgIpc) is 3.89. The molecule has 0 spiro atoms. The third-order valence-corrected chi connectivity index (χ3v) is 12.9. The first-order valence-electron chi connectivity index (χ1n) is 21.6. The Labute approximate surface area is 363 Å². The molecular weight excluding hydrogens is 765 g/mol. The maximum absolute atomic E-state index is 6.75. The van der Waals surface area contributed by atoms with Gasteiger partial charge in [-0.05, 0) is 92.2 Å². The summed E-state index contributed by atoms with van der Waals surface area (Å²) >= 11 is 0. The highest BCUT2D eigenvalue weighted by atomic mass is 16.3. The third-order valence-electron chi connectivity index (χ3n) is 12.9. The van der Waals surface area contributed by atoms with E-state index in [1.54, 1.807) is 0 Å². The topological polar surface area (TPSA) is 21.3 Å². The second kappa shape index (κ2) is 14.1. The fourth-order valence-corrected chi connectivity index (χ4v) is 10.1. The molecular formula is C60H38N2O. The van der Waals surface area contributed by atoms with Crippen molar-refractivity contribution < 1.29 is 4.42 Å². The van der Waals surface area contributed by atoms with E-state index in [-0.39, 0.29) is 0 Å². The standard InChI is InChI=1S/C60H38N2O/c1-3-15-39(16-4-1)41-27-30-45(31-28-41)61(53-36-44-21-9-10-22-48(44)49-23-11-12-24-50(49)53)47-33-34-51-54(37-47)62(46-32-29-40-17-7-8-20-43(40)35-46)55-38-57-60(52-25-13-14-26-56(52)63-57)58(59(51)55)42-18-5-2-6-19-42/h1-38H. The van der Waals surface area contributed by atoms with Gasteiger partial charge in [0, 0.05) is 55.6 Å². The highest BCUT2D eigenvalue weighted by molar-refractivity contribution is 6.27. The number of benzene rings is 11. The van der Waals surface area contributed by atoms with Gasteiger partial charge in [-0.1, -0.05) is 176 Å². The summed E-state index contributed by atoms with van der Waals surface area (Å²) in [5, 5.41) is 11.9. The van der Waals surface area contributed by atoms with Crippen molar-refractivity contribution in [1.29, 1.82) is 0 Å². The lowest BCUT2D eigenvalue weighted by Crippen LogP contribution is -2.11. The third kappa shape index (κ3) is 5.60. The summed E-state index contributed by atoms with van der Waals surface area (Å²) in [6.45, 7) is 0. The molecule has 11 aromatic carbocycles. The molecule has 0 bridgehead atoms. The quantitative estimate of drug-likeness (QED) is 0.156. The van der Waals surface area contributed by atoms with Crippen molar-refractivity contribution in [2.75, 3.05) is 4.90 Å². The summed E-state index contributed by atoms with van der Waals surface area (Å²) in [5.41, 5.74) is 13.0. The van der Waals surface area contributed by atoms with Gasteiger partial charge in [0.2, 0.25) is 0 Å². The normalized spacial score (nSPS) is 11.8. The van der Waals surface area contributed by atoms with Gasteiger partial charge in [0.05, 0.1) is 16.7 Å². The van der Waals surface area contributed by atoms with E-state index in [0.717, 1.165) is 61.3 Å². The number of furan rings is 1. The molecule has 0 aliphatic carbocycles. The minimum atomic E-state index is 0.871. The molecule has 0 atom stereocenters. The van der Waals surface area contributed by atoms with Gasteiger partial charge in [-0.3, -0.25) is 0 Å². The van der Waals surface area contributed by atoms with Gasteiger partial charge in [0.15, 0.2) is 0 Å². The molecule has 0 aliphatic heterocycles. The summed E-state index contributed by atoms with van der Waals surface area (Å²) in [7, 11) is 0. The van der Waals surface area contributed by atoms with Crippen LogP contribution < -0.4 is 4.90 Å². The molecule has 0 amide bonds. The maximum Gasteiger partial charge on any atom is 0.138 e. The summed E-state index contributed by atoms with van der Waals surface area (Å²) in [4.78, 5) is 2.45. The zero-order valence-corrected chi connectivity index (χ0v) is 34.2. The second-order valence-corrected chi connectivity index (χ2v) is 16.5. The number of para-hydroxylation sites is 1. The van der Waals surface area contributed by atoms with Gasteiger partial charge in [-0.25, -0.2) is 0 Å². The Kier molecular flexibility index (Phi) is 7.91. The number of aromatic nitrogens is 1. The first-order chi connectivity index (χ1) is 31.2. The fourth-order valence-electron chi connectivity index (χ4n) is 10.1. The predicted molar refractivity (Wildman–Crippen MR) is 266 cm³/mol. The summed E-state index contributed by atoms with van der Waals surface area (Å²) in [5.74, 6) is 0. The number of nitrogens with zero attached hydrogens (tertiary/aromatic N) is 2. The molecule has 2 heterocycles. The zero-order chi connectivity index (χ0) is 41.4. The molecule has 0 aliphatic rings. The number of anilines is 3. The van der Waals surface area contributed by atoms with Crippen LogP contribution in [0.1, 0.15) is 0 Å². The van der Waals surface area contributed by atoms with Crippen LogP contribution in [-0.2, 0) is 0 Å². The van der Waals surface area contributed by atoms with Gasteiger partial charge in [0.25, 0.3) is 0 Å². The van der Waals surface area contributed by atoms with Gasteiger partial charge in [0.1, 0.15) is 11.2 Å². The predicted octanol–water partition coefficient (Wildman–Crippen LogP) is 16.9. The maximum atomic E-state index is 6.75. The van der Waals surface area contributed by atoms with Crippen LogP contribution in [0.4, 0.5) is 17.1 Å². The van der Waals surface area contributed by atoms with Crippen molar-refractivity contribution in [1.82, 2.24) is 4.57 Å². The second-order valence-electron chi connectivity index (χ2n) is 16.5. The van der Waals surface area contributed by atoms with Crippen LogP contribution in [0.15, 0.2) is 235 Å². The molecule has 3 nitrogen and oxygen atoms in total. The Hall–Kier alpha value is -8.40. The van der Waals surface area contributed by atoms with E-state index in [0.29, 0.717) is 0 Å². The first-order valence-corrected chi connectivity index (χ1v) is 21.6. The van der Waals surface area contributed by atoms with E-state index in [1.165, 1.54) is 59.8 Å². The Balaban J connectivity index is 1.15. The SMILES string of the molecule is c1ccc(-c2ccc(N(c3ccc4c5c(-c6ccccc6)c6c(cc5n(-c5ccc7ccccc7c5)c4c3)oc3ccccc36)c3cc4ccccc4c4ccccc34)cc2)cc1. The van der Waals surface area contributed by atoms with Crippen LogP contribution in [0.25, 0.3) is 104 Å². The molecule has 13 rings (SSSR count). The fraction of sp³-hybridized carbons (Fsp3) is 0.